The summed E-state index contributed by atoms with van der Waals surface area (Å²) in [5, 5.41) is 13.5. The van der Waals surface area contributed by atoms with Crippen LogP contribution in [0.3, 0.4) is 0 Å². The van der Waals surface area contributed by atoms with Crippen molar-refractivity contribution < 1.29 is 5.11 Å². The number of anilines is 1. The summed E-state index contributed by atoms with van der Waals surface area (Å²) in [5.41, 5.74) is 0.810. The van der Waals surface area contributed by atoms with Crippen molar-refractivity contribution in [1.29, 1.82) is 0 Å². The summed E-state index contributed by atoms with van der Waals surface area (Å²) in [6.45, 7) is 8.96. The molecule has 0 aliphatic heterocycles. The number of benzene rings is 1. The quantitative estimate of drug-likeness (QED) is 0.761. The number of rotatable bonds is 7. The second-order valence-electron chi connectivity index (χ2n) is 6.24. The number of aliphatic hydroxyl groups is 1. The molecule has 0 amide bonds. The molecule has 0 fully saturated rings. The van der Waals surface area contributed by atoms with Gasteiger partial charge >= 0.3 is 0 Å². The lowest BCUT2D eigenvalue weighted by atomic mass is 9.82. The Bertz CT molecular complexity index is 380. The highest BCUT2D eigenvalue weighted by molar-refractivity contribution is 9.10. The third kappa shape index (κ3) is 5.15. The number of aliphatic hydroxyl groups excluding tert-OH is 1. The van der Waals surface area contributed by atoms with Gasteiger partial charge in [0.15, 0.2) is 0 Å². The maximum absolute atomic E-state index is 9.95. The van der Waals surface area contributed by atoms with Crippen molar-refractivity contribution >= 4 is 21.6 Å². The van der Waals surface area contributed by atoms with Crippen molar-refractivity contribution in [2.75, 3.05) is 11.9 Å². The van der Waals surface area contributed by atoms with Gasteiger partial charge in [0.25, 0.3) is 0 Å². The Hall–Kier alpha value is -0.540. The van der Waals surface area contributed by atoms with Crippen LogP contribution in [0.15, 0.2) is 28.7 Å². The monoisotopic (exact) mass is 327 g/mol. The molecule has 108 valence electrons. The van der Waals surface area contributed by atoms with Gasteiger partial charge in [-0.3, -0.25) is 0 Å². The van der Waals surface area contributed by atoms with Crippen LogP contribution >= 0.6 is 15.9 Å². The number of nitrogens with one attached hydrogen (secondary N) is 1. The average molecular weight is 328 g/mol. The molecule has 0 bridgehead atoms. The fraction of sp³-hybridized carbons (Fsp3) is 0.625. The van der Waals surface area contributed by atoms with Crippen molar-refractivity contribution in [3.63, 3.8) is 0 Å². The van der Waals surface area contributed by atoms with Gasteiger partial charge in [-0.25, -0.2) is 0 Å². The van der Waals surface area contributed by atoms with Crippen molar-refractivity contribution in [3.05, 3.63) is 28.7 Å². The van der Waals surface area contributed by atoms with Crippen molar-refractivity contribution in [3.8, 4) is 0 Å². The summed E-state index contributed by atoms with van der Waals surface area (Å²) < 4.78 is 1.04. The Morgan fingerprint density at radius 2 is 1.63 bits per heavy atom. The highest BCUT2D eigenvalue weighted by atomic mass is 79.9. The molecule has 3 heteroatoms. The first-order valence-electron chi connectivity index (χ1n) is 7.02. The summed E-state index contributed by atoms with van der Waals surface area (Å²) in [6, 6.07) is 8.09. The molecule has 1 aromatic rings. The summed E-state index contributed by atoms with van der Waals surface area (Å²) in [4.78, 5) is 0. The molecule has 0 spiro atoms. The fourth-order valence-electron chi connectivity index (χ4n) is 2.77. The minimum Gasteiger partial charge on any atom is -0.394 e. The average Bonchev–Trinajstić information content (AvgIpc) is 2.30. The van der Waals surface area contributed by atoms with Crippen molar-refractivity contribution in [2.24, 2.45) is 11.8 Å². The maximum atomic E-state index is 9.95. The molecule has 0 atom stereocenters. The molecule has 0 radical (unpaired) electrons. The van der Waals surface area contributed by atoms with Gasteiger partial charge in [0, 0.05) is 10.2 Å². The van der Waals surface area contributed by atoms with Crippen LogP contribution in [0.1, 0.15) is 40.5 Å². The van der Waals surface area contributed by atoms with E-state index >= 15 is 0 Å². The first-order valence-corrected chi connectivity index (χ1v) is 7.81. The van der Waals surface area contributed by atoms with E-state index in [1.54, 1.807) is 0 Å². The minimum absolute atomic E-state index is 0.157. The maximum Gasteiger partial charge on any atom is 0.0661 e. The van der Waals surface area contributed by atoms with Crippen LogP contribution in [0.2, 0.25) is 0 Å². The summed E-state index contributed by atoms with van der Waals surface area (Å²) in [6.07, 6.45) is 1.92. The van der Waals surface area contributed by atoms with Gasteiger partial charge in [0.2, 0.25) is 0 Å². The molecule has 0 aliphatic carbocycles. The van der Waals surface area contributed by atoms with Crippen molar-refractivity contribution in [2.45, 2.75) is 46.1 Å². The predicted molar refractivity (Wildman–Crippen MR) is 86.5 cm³/mol. The molecule has 0 saturated carbocycles. The molecule has 2 nitrogen and oxygen atoms in total. The van der Waals surface area contributed by atoms with Crippen LogP contribution in [0.25, 0.3) is 0 Å². The van der Waals surface area contributed by atoms with E-state index in [2.05, 4.69) is 55.0 Å². The molecule has 0 saturated heterocycles. The normalized spacial score (nSPS) is 12.2. The first-order chi connectivity index (χ1) is 8.88. The Labute approximate surface area is 125 Å². The van der Waals surface area contributed by atoms with Gasteiger partial charge in [-0.1, -0.05) is 39.8 Å². The third-order valence-corrected chi connectivity index (χ3v) is 3.87. The summed E-state index contributed by atoms with van der Waals surface area (Å²) in [7, 11) is 0. The van der Waals surface area contributed by atoms with Crippen molar-refractivity contribution in [1.82, 2.24) is 0 Å². The SMILES string of the molecule is CC(C)CC(CO)(CC(C)C)Nc1ccccc1Br. The number of hydrogen-bond acceptors (Lipinski definition) is 2. The Balaban J connectivity index is 2.98. The van der Waals surface area contributed by atoms with E-state index < -0.39 is 0 Å². The Morgan fingerprint density at radius 3 is 2.05 bits per heavy atom. The zero-order valence-corrected chi connectivity index (χ0v) is 14.0. The highest BCUT2D eigenvalue weighted by Gasteiger charge is 2.31. The standard InChI is InChI=1S/C16H26BrNO/c1-12(2)9-16(11-19,10-13(3)4)18-15-8-6-5-7-14(15)17/h5-8,12-13,18-19H,9-11H2,1-4H3. The van der Waals surface area contributed by atoms with Gasteiger partial charge < -0.3 is 10.4 Å². The Kier molecular flexibility index (Phi) is 6.34. The second kappa shape index (κ2) is 7.30. The van der Waals surface area contributed by atoms with Crippen LogP contribution in [0.4, 0.5) is 5.69 Å². The van der Waals surface area contributed by atoms with E-state index in [0.717, 1.165) is 23.0 Å². The number of halogens is 1. The van der Waals surface area contributed by atoms with Crippen LogP contribution in [-0.4, -0.2) is 17.3 Å². The van der Waals surface area contributed by atoms with Gasteiger partial charge in [0.1, 0.15) is 0 Å². The summed E-state index contributed by atoms with van der Waals surface area (Å²) >= 11 is 3.57. The molecule has 19 heavy (non-hydrogen) atoms. The lowest BCUT2D eigenvalue weighted by Crippen LogP contribution is -2.44. The zero-order valence-electron chi connectivity index (χ0n) is 12.4. The molecular weight excluding hydrogens is 302 g/mol. The van der Waals surface area contributed by atoms with E-state index in [9.17, 15) is 5.11 Å². The lowest BCUT2D eigenvalue weighted by molar-refractivity contribution is 0.168. The molecule has 1 rings (SSSR count). The third-order valence-electron chi connectivity index (χ3n) is 3.17. The topological polar surface area (TPSA) is 32.3 Å². The van der Waals surface area contributed by atoms with E-state index in [1.807, 2.05) is 18.2 Å². The first kappa shape index (κ1) is 16.5. The van der Waals surface area contributed by atoms with Crippen LogP contribution in [0, 0.1) is 11.8 Å². The van der Waals surface area contributed by atoms with Crippen LogP contribution in [-0.2, 0) is 0 Å². The highest BCUT2D eigenvalue weighted by Crippen LogP contribution is 2.32. The van der Waals surface area contributed by atoms with Crippen LogP contribution in [0.5, 0.6) is 0 Å². The van der Waals surface area contributed by atoms with E-state index in [1.165, 1.54) is 0 Å². The molecule has 0 aliphatic rings. The Morgan fingerprint density at radius 1 is 1.11 bits per heavy atom. The molecule has 2 N–H and O–H groups in total. The number of hydrogen-bond donors (Lipinski definition) is 2. The molecule has 0 heterocycles. The molecule has 0 unspecified atom stereocenters. The fourth-order valence-corrected chi connectivity index (χ4v) is 3.15. The second-order valence-corrected chi connectivity index (χ2v) is 7.09. The van der Waals surface area contributed by atoms with E-state index in [-0.39, 0.29) is 12.1 Å². The smallest absolute Gasteiger partial charge is 0.0661 e. The van der Waals surface area contributed by atoms with Gasteiger partial charge in [-0.2, -0.15) is 0 Å². The minimum atomic E-state index is -0.244. The summed E-state index contributed by atoms with van der Waals surface area (Å²) in [5.74, 6) is 1.08. The van der Waals surface area contributed by atoms with Gasteiger partial charge in [0.05, 0.1) is 12.1 Å². The van der Waals surface area contributed by atoms with Crippen LogP contribution < -0.4 is 5.32 Å². The predicted octanol–water partition coefficient (Wildman–Crippen LogP) is 4.68. The molecular formula is C16H26BrNO. The largest absolute Gasteiger partial charge is 0.394 e. The van der Waals surface area contributed by atoms with E-state index in [4.69, 9.17) is 0 Å². The van der Waals surface area contributed by atoms with Gasteiger partial charge in [-0.05, 0) is 52.7 Å². The molecule has 0 aromatic heterocycles. The zero-order chi connectivity index (χ0) is 14.5. The molecule has 1 aromatic carbocycles. The number of para-hydroxylation sites is 1. The van der Waals surface area contributed by atoms with Gasteiger partial charge in [-0.15, -0.1) is 0 Å². The van der Waals surface area contributed by atoms with E-state index in [0.29, 0.717) is 11.8 Å². The lowest BCUT2D eigenvalue weighted by Gasteiger charge is -2.37.